The summed E-state index contributed by atoms with van der Waals surface area (Å²) in [6.07, 6.45) is 1.31. The molecule has 4 rings (SSSR count). The fraction of sp³-hybridized carbons (Fsp3) is 0.346. The third kappa shape index (κ3) is 5.22. The van der Waals surface area contributed by atoms with Gasteiger partial charge in [0.05, 0.1) is 10.9 Å². The molecule has 0 spiro atoms. The molecule has 2 aromatic carbocycles. The van der Waals surface area contributed by atoms with Gasteiger partial charge in [0, 0.05) is 29.8 Å². The van der Waals surface area contributed by atoms with Gasteiger partial charge >= 0.3 is 0 Å². The molecule has 1 aliphatic heterocycles. The summed E-state index contributed by atoms with van der Waals surface area (Å²) in [5.41, 5.74) is 1.82. The van der Waals surface area contributed by atoms with Crippen molar-refractivity contribution >= 4 is 62.3 Å². The van der Waals surface area contributed by atoms with Crippen LogP contribution in [0.2, 0.25) is 0 Å². The number of halogens is 3. The number of aryl methyl sites for hydroxylation is 1. The zero-order chi connectivity index (χ0) is 27.5. The first-order valence-corrected chi connectivity index (χ1v) is 14.0. The maximum atomic E-state index is 13.5. The van der Waals surface area contributed by atoms with E-state index in [-0.39, 0.29) is 34.9 Å². The molecule has 0 saturated heterocycles. The van der Waals surface area contributed by atoms with Gasteiger partial charge in [0.1, 0.15) is 0 Å². The summed E-state index contributed by atoms with van der Waals surface area (Å²) >= 11 is 17.4. The number of fused-ring (bicyclic) bond motifs is 3. The Hall–Kier alpha value is -2.23. The van der Waals surface area contributed by atoms with E-state index < -0.39 is 37.0 Å². The molecular formula is C26H25Cl3N2O5S. The van der Waals surface area contributed by atoms with E-state index in [1.807, 2.05) is 27.7 Å². The van der Waals surface area contributed by atoms with Crippen LogP contribution >= 0.6 is 34.8 Å². The minimum absolute atomic E-state index is 0.0731. The van der Waals surface area contributed by atoms with Crippen molar-refractivity contribution in [3.05, 3.63) is 75.9 Å². The Morgan fingerprint density at radius 1 is 1.03 bits per heavy atom. The van der Waals surface area contributed by atoms with Crippen LogP contribution in [-0.4, -0.2) is 40.5 Å². The van der Waals surface area contributed by atoms with Gasteiger partial charge in [-0.1, -0.05) is 79.3 Å². The van der Waals surface area contributed by atoms with Gasteiger partial charge in [0.25, 0.3) is 9.70 Å². The van der Waals surface area contributed by atoms with Crippen LogP contribution in [0, 0.1) is 12.3 Å². The lowest BCUT2D eigenvalue weighted by Gasteiger charge is -2.37. The summed E-state index contributed by atoms with van der Waals surface area (Å²) in [5, 5.41) is 2.58. The molecule has 11 heteroatoms. The molecule has 0 radical (unpaired) electrons. The average molecular weight is 584 g/mol. The normalized spacial score (nSPS) is 18.7. The second kappa shape index (κ2) is 9.50. The molecule has 1 amide bonds. The zero-order valence-corrected chi connectivity index (χ0v) is 23.6. The highest BCUT2D eigenvalue weighted by Crippen LogP contribution is 2.40. The molecule has 196 valence electrons. The number of ketones is 2. The van der Waals surface area contributed by atoms with Crippen LogP contribution < -0.4 is 5.32 Å². The number of sulfonamides is 1. The molecule has 1 unspecified atom stereocenters. The fourth-order valence-electron chi connectivity index (χ4n) is 4.57. The lowest BCUT2D eigenvalue weighted by atomic mass is 9.74. The van der Waals surface area contributed by atoms with Gasteiger partial charge in [0.2, 0.25) is 10.0 Å². The smallest absolute Gasteiger partial charge is 0.272 e. The number of alkyl halides is 3. The van der Waals surface area contributed by atoms with Crippen molar-refractivity contribution in [2.24, 2.45) is 5.41 Å². The number of Topliss-reactive ketones (excluding diaryl/α,β-unsaturated/α-hetero) is 1. The van der Waals surface area contributed by atoms with E-state index >= 15 is 0 Å². The number of allylic oxidation sites excluding steroid dienone is 2. The Morgan fingerprint density at radius 3 is 2.22 bits per heavy atom. The van der Waals surface area contributed by atoms with Crippen molar-refractivity contribution in [2.75, 3.05) is 6.54 Å². The van der Waals surface area contributed by atoms with E-state index in [1.165, 1.54) is 28.6 Å². The van der Waals surface area contributed by atoms with Crippen LogP contribution in [0.4, 0.5) is 0 Å². The standard InChI is InChI=1S/C26H25Cl3N2O5S/c1-14-5-8-16(9-6-14)37(35,36)31-12-15-7-10-17-22(20(32)11-18(23(17)33)25(2,3)4)21(15)19(13-31)30-24(34)26(27,28)29/h5-11,19H,12-13H2,1-4H3,(H,30,34). The Morgan fingerprint density at radius 2 is 1.65 bits per heavy atom. The second-order valence-corrected chi connectivity index (χ2v) is 14.4. The summed E-state index contributed by atoms with van der Waals surface area (Å²) in [4.78, 5) is 39.5. The van der Waals surface area contributed by atoms with Crippen LogP contribution in [0.3, 0.4) is 0 Å². The molecule has 0 fully saturated rings. The summed E-state index contributed by atoms with van der Waals surface area (Å²) in [6.45, 7) is 7.05. The number of hydrogen-bond donors (Lipinski definition) is 1. The maximum absolute atomic E-state index is 13.5. The van der Waals surface area contributed by atoms with Crippen LogP contribution in [-0.2, 0) is 21.4 Å². The largest absolute Gasteiger partial charge is 0.344 e. The Bertz CT molecular complexity index is 1450. The van der Waals surface area contributed by atoms with Crippen molar-refractivity contribution in [1.82, 2.24) is 9.62 Å². The number of carbonyl (C=O) groups excluding carboxylic acids is 3. The third-order valence-corrected chi connectivity index (χ3v) is 8.80. The van der Waals surface area contributed by atoms with Gasteiger partial charge in [0.15, 0.2) is 11.6 Å². The highest BCUT2D eigenvalue weighted by molar-refractivity contribution is 7.89. The van der Waals surface area contributed by atoms with Gasteiger partial charge in [-0.25, -0.2) is 8.42 Å². The molecule has 1 atom stereocenters. The zero-order valence-electron chi connectivity index (χ0n) is 20.6. The predicted molar refractivity (Wildman–Crippen MR) is 143 cm³/mol. The van der Waals surface area contributed by atoms with Crippen LogP contribution in [0.5, 0.6) is 0 Å². The van der Waals surface area contributed by atoms with E-state index in [1.54, 1.807) is 18.2 Å². The number of rotatable bonds is 3. The Balaban J connectivity index is 1.86. The highest BCUT2D eigenvalue weighted by Gasteiger charge is 2.42. The molecule has 0 bridgehead atoms. The molecule has 2 aliphatic rings. The first-order valence-electron chi connectivity index (χ1n) is 11.4. The van der Waals surface area contributed by atoms with E-state index in [0.29, 0.717) is 16.7 Å². The number of hydrogen-bond acceptors (Lipinski definition) is 5. The SMILES string of the molecule is Cc1ccc(S(=O)(=O)N2Cc3ccc4c(c3C(NC(=O)C(Cl)(Cl)Cl)C2)C(=O)C=C(C(C)(C)C)C4=O)cc1. The highest BCUT2D eigenvalue weighted by atomic mass is 35.6. The van der Waals surface area contributed by atoms with Crippen LogP contribution in [0.25, 0.3) is 0 Å². The van der Waals surface area contributed by atoms with E-state index in [9.17, 15) is 22.8 Å². The van der Waals surface area contributed by atoms with Gasteiger partial charge in [-0.15, -0.1) is 0 Å². The first-order chi connectivity index (χ1) is 17.0. The summed E-state index contributed by atoms with van der Waals surface area (Å²) in [5.74, 6) is -1.69. The van der Waals surface area contributed by atoms with Crippen molar-refractivity contribution in [3.8, 4) is 0 Å². The van der Waals surface area contributed by atoms with Gasteiger partial charge < -0.3 is 5.32 Å². The molecule has 0 saturated carbocycles. The Labute approximate surface area is 230 Å². The molecule has 1 aliphatic carbocycles. The molecule has 7 nitrogen and oxygen atoms in total. The number of nitrogens with zero attached hydrogens (tertiary/aromatic N) is 1. The monoisotopic (exact) mass is 582 g/mol. The number of carbonyl (C=O) groups is 3. The van der Waals surface area contributed by atoms with Crippen LogP contribution in [0.15, 0.2) is 52.9 Å². The quantitative estimate of drug-likeness (QED) is 0.508. The Kier molecular flexibility index (Phi) is 7.14. The third-order valence-electron chi connectivity index (χ3n) is 6.46. The number of nitrogens with one attached hydrogen (secondary N) is 1. The summed E-state index contributed by atoms with van der Waals surface area (Å²) < 4.78 is 25.9. The average Bonchev–Trinajstić information content (AvgIpc) is 2.79. The van der Waals surface area contributed by atoms with Gasteiger partial charge in [-0.05, 0) is 47.7 Å². The van der Waals surface area contributed by atoms with Crippen molar-refractivity contribution < 1.29 is 22.8 Å². The summed E-state index contributed by atoms with van der Waals surface area (Å²) in [7, 11) is -3.98. The minimum Gasteiger partial charge on any atom is -0.344 e. The molecule has 2 aromatic rings. The van der Waals surface area contributed by atoms with E-state index in [4.69, 9.17) is 34.8 Å². The number of benzene rings is 2. The van der Waals surface area contributed by atoms with Crippen LogP contribution in [0.1, 0.15) is 64.2 Å². The lowest BCUT2D eigenvalue weighted by molar-refractivity contribution is -0.121. The van der Waals surface area contributed by atoms with Crippen molar-refractivity contribution in [2.45, 2.75) is 49.0 Å². The lowest BCUT2D eigenvalue weighted by Crippen LogP contribution is -2.47. The molecule has 37 heavy (non-hydrogen) atoms. The van der Waals surface area contributed by atoms with Crippen molar-refractivity contribution in [3.63, 3.8) is 0 Å². The van der Waals surface area contributed by atoms with Gasteiger partial charge in [-0.3, -0.25) is 14.4 Å². The van der Waals surface area contributed by atoms with Gasteiger partial charge in [-0.2, -0.15) is 4.31 Å². The number of amides is 1. The molecule has 1 heterocycles. The first kappa shape index (κ1) is 27.8. The molecular weight excluding hydrogens is 559 g/mol. The molecule has 1 N–H and O–H groups in total. The maximum Gasteiger partial charge on any atom is 0.272 e. The summed E-state index contributed by atoms with van der Waals surface area (Å²) in [6, 6.07) is 8.47. The minimum atomic E-state index is -3.98. The second-order valence-electron chi connectivity index (χ2n) is 10.2. The molecule has 0 aromatic heterocycles. The fourth-order valence-corrected chi connectivity index (χ4v) is 6.17. The van der Waals surface area contributed by atoms with Crippen molar-refractivity contribution in [1.29, 1.82) is 0 Å². The predicted octanol–water partition coefficient (Wildman–Crippen LogP) is 5.08. The van der Waals surface area contributed by atoms with E-state index in [0.717, 1.165) is 5.56 Å². The van der Waals surface area contributed by atoms with E-state index in [2.05, 4.69) is 5.32 Å². The topological polar surface area (TPSA) is 101 Å².